The van der Waals surface area contributed by atoms with E-state index in [9.17, 15) is 9.59 Å². The molecule has 0 bridgehead atoms. The van der Waals surface area contributed by atoms with E-state index in [0.29, 0.717) is 11.1 Å². The summed E-state index contributed by atoms with van der Waals surface area (Å²) in [6, 6.07) is 17.8. The van der Waals surface area contributed by atoms with Crippen LogP contribution in [0.15, 0.2) is 60.7 Å². The van der Waals surface area contributed by atoms with Crippen LogP contribution in [0.25, 0.3) is 0 Å². The van der Waals surface area contributed by atoms with E-state index in [1.165, 1.54) is 0 Å². The van der Waals surface area contributed by atoms with Gasteiger partial charge in [-0.2, -0.15) is 35.4 Å². The Morgan fingerprint density at radius 2 is 1.00 bits per heavy atom. The number of hydrogen-bond donors (Lipinski definition) is 1. The van der Waals surface area contributed by atoms with Crippen molar-refractivity contribution in [2.24, 2.45) is 0 Å². The zero-order valence-electron chi connectivity index (χ0n) is 10.7. The molecule has 98 valence electrons. The molecule has 0 spiro atoms. The Labute approximate surface area is 130 Å². The van der Waals surface area contributed by atoms with E-state index in [2.05, 4.69) is 0 Å². The first-order valence-corrected chi connectivity index (χ1v) is 5.22. The van der Waals surface area contributed by atoms with Crippen molar-refractivity contribution in [2.75, 3.05) is 0 Å². The summed E-state index contributed by atoms with van der Waals surface area (Å²) in [6.45, 7) is -0.250. The van der Waals surface area contributed by atoms with Gasteiger partial charge in [-0.05, 0) is 0 Å². The van der Waals surface area contributed by atoms with Crippen molar-refractivity contribution in [3.63, 3.8) is 0 Å². The summed E-state index contributed by atoms with van der Waals surface area (Å²) in [6.07, 6.45) is 3.55. The Balaban J connectivity index is 0. The summed E-state index contributed by atoms with van der Waals surface area (Å²) in [7, 11) is 0. The molecule has 0 heterocycles. The fourth-order valence-corrected chi connectivity index (χ4v) is 1.01. The summed E-state index contributed by atoms with van der Waals surface area (Å²) in [4.78, 5) is 28.1. The Bertz CT molecular complexity index is 428. The van der Waals surface area contributed by atoms with Gasteiger partial charge in [0.25, 0.3) is 6.47 Å². The Kier molecular flexibility index (Phi) is 15.1. The molecule has 2 rings (SSSR count). The maximum Gasteiger partial charge on any atom is 2.00 e. The minimum atomic E-state index is -0.250. The third kappa shape index (κ3) is 11.0. The van der Waals surface area contributed by atoms with Crippen molar-refractivity contribution in [2.45, 2.75) is 0 Å². The van der Waals surface area contributed by atoms with Crippen LogP contribution in [0, 0.1) is 0 Å². The average Bonchev–Trinajstić information content (AvgIpc) is 2.50. The largest absolute Gasteiger partial charge is 2.00 e. The van der Waals surface area contributed by atoms with Gasteiger partial charge in [-0.1, -0.05) is 12.1 Å². The number of benzene rings is 2. The third-order valence-corrected chi connectivity index (χ3v) is 1.78. The first-order valence-electron chi connectivity index (χ1n) is 5.22. The number of rotatable bonds is 2. The molecule has 5 heteroatoms. The number of carbonyl (C=O) groups is 1. The van der Waals surface area contributed by atoms with Crippen LogP contribution >= 0.6 is 0 Å². The minimum absolute atomic E-state index is 0. The van der Waals surface area contributed by atoms with E-state index >= 15 is 0 Å². The van der Waals surface area contributed by atoms with Crippen LogP contribution in [0.1, 0.15) is 11.1 Å². The molecule has 0 atom stereocenters. The van der Waals surface area contributed by atoms with Gasteiger partial charge < -0.3 is 14.7 Å². The van der Waals surface area contributed by atoms with Crippen LogP contribution < -0.4 is 0 Å². The van der Waals surface area contributed by atoms with Crippen LogP contribution in [0.3, 0.4) is 0 Å². The molecule has 0 unspecified atom stereocenters. The maximum absolute atomic E-state index is 9.88. The van der Waals surface area contributed by atoms with Crippen LogP contribution in [0.4, 0.5) is 0 Å². The van der Waals surface area contributed by atoms with Crippen molar-refractivity contribution in [3.8, 4) is 0 Å². The molecule has 20 heavy (non-hydrogen) atoms. The average molecular weight is 322 g/mol. The quantitative estimate of drug-likeness (QED) is 0.521. The van der Waals surface area contributed by atoms with Gasteiger partial charge >= 0.3 is 19.5 Å². The molecule has 0 saturated heterocycles. The van der Waals surface area contributed by atoms with Crippen LogP contribution in [-0.2, 0) is 33.9 Å². The van der Waals surface area contributed by atoms with Crippen LogP contribution in [-0.4, -0.2) is 24.2 Å². The molecule has 0 aliphatic carbocycles. The Hall–Kier alpha value is -2.13. The van der Waals surface area contributed by atoms with Crippen molar-refractivity contribution >= 4 is 19.0 Å². The summed E-state index contributed by atoms with van der Waals surface area (Å²) in [5.41, 5.74) is 1.21. The minimum Gasteiger partial charge on any atom is -0.483 e. The summed E-state index contributed by atoms with van der Waals surface area (Å²) >= 11 is 0. The van der Waals surface area contributed by atoms with Gasteiger partial charge in [0.05, 0.1) is 12.6 Å². The fourth-order valence-electron chi connectivity index (χ4n) is 1.01. The second-order valence-electron chi connectivity index (χ2n) is 3.04. The van der Waals surface area contributed by atoms with Gasteiger partial charge in [0.1, 0.15) is 0 Å². The Morgan fingerprint density at radius 3 is 1.15 bits per heavy atom. The van der Waals surface area contributed by atoms with Gasteiger partial charge in [0.2, 0.25) is 0 Å². The van der Waals surface area contributed by atoms with E-state index in [1.807, 2.05) is 12.1 Å². The molecule has 0 fully saturated rings. The normalized spacial score (nSPS) is 7.40. The van der Waals surface area contributed by atoms with Crippen LogP contribution in [0.5, 0.6) is 0 Å². The summed E-state index contributed by atoms with van der Waals surface area (Å²) in [5.74, 6) is 0. The zero-order chi connectivity index (χ0) is 14.3. The van der Waals surface area contributed by atoms with Gasteiger partial charge in [0, 0.05) is 0 Å². The molecule has 1 N–H and O–H groups in total. The van der Waals surface area contributed by atoms with E-state index in [0.717, 1.165) is 0 Å². The second kappa shape index (κ2) is 14.9. The molecule has 0 aliphatic heterocycles. The molecule has 0 radical (unpaired) electrons. The number of hydrogen-bond acceptors (Lipinski definition) is 3. The maximum atomic E-state index is 9.88. The van der Waals surface area contributed by atoms with Crippen molar-refractivity contribution in [3.05, 3.63) is 71.8 Å². The first-order chi connectivity index (χ1) is 9.28. The van der Waals surface area contributed by atoms with E-state index < -0.39 is 0 Å². The van der Waals surface area contributed by atoms with Gasteiger partial charge in [-0.15, -0.1) is 24.3 Å². The van der Waals surface area contributed by atoms with Crippen molar-refractivity contribution < 1.29 is 39.0 Å². The summed E-state index contributed by atoms with van der Waals surface area (Å²) in [5, 5.41) is 6.89. The first kappa shape index (κ1) is 20.2. The van der Waals surface area contributed by atoms with Gasteiger partial charge in [-0.3, -0.25) is 4.79 Å². The SMILES string of the molecule is O=CO.O=[C-]c1ccccc1.O=[C-]c1ccccc1.[Zn+2]. The molecular formula is C15H12O4Zn. The molecule has 0 aromatic heterocycles. The zero-order valence-corrected chi connectivity index (χ0v) is 13.7. The number of carbonyl (C=O) groups excluding carboxylic acids is 2. The molecule has 2 aromatic rings. The smallest absolute Gasteiger partial charge is 0.483 e. The van der Waals surface area contributed by atoms with E-state index in [-0.39, 0.29) is 26.0 Å². The monoisotopic (exact) mass is 320 g/mol. The summed E-state index contributed by atoms with van der Waals surface area (Å²) < 4.78 is 0. The molecule has 0 saturated carbocycles. The molecule has 0 aliphatic rings. The predicted molar refractivity (Wildman–Crippen MR) is 71.2 cm³/mol. The van der Waals surface area contributed by atoms with Crippen molar-refractivity contribution in [1.82, 2.24) is 0 Å². The van der Waals surface area contributed by atoms with E-state index in [4.69, 9.17) is 9.90 Å². The van der Waals surface area contributed by atoms with E-state index in [1.54, 1.807) is 61.1 Å². The van der Waals surface area contributed by atoms with Gasteiger partial charge in [-0.25, -0.2) is 0 Å². The number of carboxylic acid groups (broad SMARTS) is 1. The molecule has 0 amide bonds. The van der Waals surface area contributed by atoms with Crippen LogP contribution in [0.2, 0.25) is 0 Å². The molecule has 4 nitrogen and oxygen atoms in total. The van der Waals surface area contributed by atoms with Crippen molar-refractivity contribution in [1.29, 1.82) is 0 Å². The Morgan fingerprint density at radius 1 is 0.750 bits per heavy atom. The second-order valence-corrected chi connectivity index (χ2v) is 3.04. The standard InChI is InChI=1S/2C7H5O.CH2O2.Zn/c2*8-6-7-4-2-1-3-5-7;2-1-3;/h2*1-5H;1H,(H,2,3);/q2*-1;;+2. The molecule has 2 aromatic carbocycles. The fraction of sp³-hybridized carbons (Fsp3) is 0. The topological polar surface area (TPSA) is 71.4 Å². The van der Waals surface area contributed by atoms with Gasteiger partial charge in [0.15, 0.2) is 0 Å². The molecular weight excluding hydrogens is 310 g/mol. The predicted octanol–water partition coefficient (Wildman–Crippen LogP) is 1.99. The third-order valence-electron chi connectivity index (χ3n) is 1.78.